The van der Waals surface area contributed by atoms with Gasteiger partial charge >= 0.3 is 0 Å². The smallest absolute Gasteiger partial charge is 0.191 e. The lowest BCUT2D eigenvalue weighted by atomic mass is 10.2. The molecular formula is C19H25FN4O. The first kappa shape index (κ1) is 17.5. The van der Waals surface area contributed by atoms with Crippen LogP contribution in [0.2, 0.25) is 0 Å². The molecule has 0 amide bonds. The van der Waals surface area contributed by atoms with Crippen molar-refractivity contribution in [2.24, 2.45) is 4.99 Å². The van der Waals surface area contributed by atoms with Gasteiger partial charge in [-0.25, -0.2) is 4.39 Å². The Hall–Kier alpha value is -2.34. The van der Waals surface area contributed by atoms with E-state index in [1.54, 1.807) is 19.4 Å². The summed E-state index contributed by atoms with van der Waals surface area (Å²) in [6.45, 7) is 3.40. The predicted molar refractivity (Wildman–Crippen MR) is 96.9 cm³/mol. The maximum absolute atomic E-state index is 13.3. The van der Waals surface area contributed by atoms with Gasteiger partial charge in [-0.2, -0.15) is 0 Å². The minimum absolute atomic E-state index is 0.185. The first-order valence-corrected chi connectivity index (χ1v) is 8.72. The van der Waals surface area contributed by atoms with Crippen LogP contribution in [0.3, 0.4) is 0 Å². The molecule has 0 radical (unpaired) electrons. The number of guanidine groups is 1. The maximum atomic E-state index is 13.3. The Morgan fingerprint density at radius 1 is 1.24 bits per heavy atom. The summed E-state index contributed by atoms with van der Waals surface area (Å²) in [7, 11) is 1.73. The van der Waals surface area contributed by atoms with Gasteiger partial charge in [0.2, 0.25) is 0 Å². The van der Waals surface area contributed by atoms with Crippen LogP contribution in [0, 0.1) is 5.82 Å². The standard InChI is InChI=1S/C19H25FN4O/c1-21-19(22-13-15-6-4-7-16(20)12-15)23-14-17(18-8-5-11-25-18)24-9-2-3-10-24/h4-8,11-12,17H,2-3,9-10,13-14H2,1H3,(H2,21,22,23). The molecule has 134 valence electrons. The van der Waals surface area contributed by atoms with Crippen LogP contribution < -0.4 is 10.6 Å². The molecule has 2 N–H and O–H groups in total. The summed E-state index contributed by atoms with van der Waals surface area (Å²) in [5.74, 6) is 1.43. The van der Waals surface area contributed by atoms with E-state index in [0.717, 1.165) is 24.4 Å². The number of aliphatic imine (C=N–C) groups is 1. The van der Waals surface area contributed by atoms with Crippen LogP contribution in [0.25, 0.3) is 0 Å². The van der Waals surface area contributed by atoms with E-state index in [-0.39, 0.29) is 11.9 Å². The number of nitrogens with one attached hydrogen (secondary N) is 2. The molecule has 1 fully saturated rings. The highest BCUT2D eigenvalue weighted by atomic mass is 19.1. The Labute approximate surface area is 147 Å². The summed E-state index contributed by atoms with van der Waals surface area (Å²) in [4.78, 5) is 6.69. The number of hydrogen-bond acceptors (Lipinski definition) is 3. The van der Waals surface area contributed by atoms with Crippen molar-refractivity contribution < 1.29 is 8.81 Å². The van der Waals surface area contributed by atoms with Crippen LogP contribution in [0.5, 0.6) is 0 Å². The van der Waals surface area contributed by atoms with E-state index in [4.69, 9.17) is 4.42 Å². The third-order valence-corrected chi connectivity index (χ3v) is 4.49. The second kappa shape index (κ2) is 8.67. The van der Waals surface area contributed by atoms with E-state index >= 15 is 0 Å². The van der Waals surface area contributed by atoms with Crippen LogP contribution >= 0.6 is 0 Å². The van der Waals surface area contributed by atoms with Crippen LogP contribution in [-0.2, 0) is 6.54 Å². The topological polar surface area (TPSA) is 52.8 Å². The van der Waals surface area contributed by atoms with Crippen molar-refractivity contribution >= 4 is 5.96 Å². The summed E-state index contributed by atoms with van der Waals surface area (Å²) in [5.41, 5.74) is 0.880. The first-order valence-electron chi connectivity index (χ1n) is 8.72. The molecule has 1 aromatic carbocycles. The molecule has 6 heteroatoms. The second-order valence-electron chi connectivity index (χ2n) is 6.21. The van der Waals surface area contributed by atoms with Crippen LogP contribution in [0.15, 0.2) is 52.1 Å². The van der Waals surface area contributed by atoms with Crippen molar-refractivity contribution in [2.45, 2.75) is 25.4 Å². The fraction of sp³-hybridized carbons (Fsp3) is 0.421. The molecule has 2 heterocycles. The van der Waals surface area contributed by atoms with E-state index in [2.05, 4.69) is 20.5 Å². The van der Waals surface area contributed by atoms with Crippen molar-refractivity contribution in [2.75, 3.05) is 26.7 Å². The third kappa shape index (κ3) is 4.82. The molecular weight excluding hydrogens is 319 g/mol. The highest BCUT2D eigenvalue weighted by Crippen LogP contribution is 2.24. The molecule has 5 nitrogen and oxygen atoms in total. The molecule has 2 aromatic rings. The van der Waals surface area contributed by atoms with Crippen molar-refractivity contribution in [1.82, 2.24) is 15.5 Å². The minimum Gasteiger partial charge on any atom is -0.468 e. The third-order valence-electron chi connectivity index (χ3n) is 4.49. The fourth-order valence-electron chi connectivity index (χ4n) is 3.19. The van der Waals surface area contributed by atoms with Crippen LogP contribution in [-0.4, -0.2) is 37.5 Å². The first-order chi connectivity index (χ1) is 12.3. The lowest BCUT2D eigenvalue weighted by Crippen LogP contribution is -2.42. The lowest BCUT2D eigenvalue weighted by molar-refractivity contribution is 0.215. The van der Waals surface area contributed by atoms with Gasteiger partial charge in [0.05, 0.1) is 12.3 Å². The predicted octanol–water partition coefficient (Wildman–Crippen LogP) is 2.92. The Balaban J connectivity index is 1.57. The summed E-state index contributed by atoms with van der Waals surface area (Å²) in [6, 6.07) is 10.7. The van der Waals surface area contributed by atoms with Gasteiger partial charge in [-0.15, -0.1) is 0 Å². The number of likely N-dealkylation sites (tertiary alicyclic amines) is 1. The zero-order valence-electron chi connectivity index (χ0n) is 14.5. The number of rotatable bonds is 6. The van der Waals surface area contributed by atoms with Gasteiger partial charge in [0.25, 0.3) is 0 Å². The average Bonchev–Trinajstić information content (AvgIpc) is 3.32. The van der Waals surface area contributed by atoms with Crippen LogP contribution in [0.1, 0.15) is 30.2 Å². The molecule has 0 bridgehead atoms. The van der Waals surface area contributed by atoms with E-state index in [1.807, 2.05) is 18.2 Å². The molecule has 25 heavy (non-hydrogen) atoms. The summed E-state index contributed by atoms with van der Waals surface area (Å²) < 4.78 is 18.9. The van der Waals surface area contributed by atoms with Gasteiger partial charge in [0, 0.05) is 20.1 Å². The molecule has 1 atom stereocenters. The van der Waals surface area contributed by atoms with E-state index < -0.39 is 0 Å². The summed E-state index contributed by atoms with van der Waals surface area (Å²) >= 11 is 0. The molecule has 0 saturated carbocycles. The molecule has 1 aliphatic heterocycles. The highest BCUT2D eigenvalue weighted by Gasteiger charge is 2.25. The zero-order chi connectivity index (χ0) is 17.5. The van der Waals surface area contributed by atoms with E-state index in [1.165, 1.54) is 25.0 Å². The normalized spacial score (nSPS) is 16.8. The fourth-order valence-corrected chi connectivity index (χ4v) is 3.19. The van der Waals surface area contributed by atoms with Gasteiger partial charge in [-0.3, -0.25) is 9.89 Å². The zero-order valence-corrected chi connectivity index (χ0v) is 14.5. The SMILES string of the molecule is CN=C(NCc1cccc(F)c1)NCC(c1ccco1)N1CCCC1. The van der Waals surface area contributed by atoms with E-state index in [9.17, 15) is 4.39 Å². The highest BCUT2D eigenvalue weighted by molar-refractivity contribution is 5.79. The summed E-state index contributed by atoms with van der Waals surface area (Å²) in [6.07, 6.45) is 4.17. The molecule has 0 aliphatic carbocycles. The van der Waals surface area contributed by atoms with Gasteiger partial charge in [-0.05, 0) is 55.8 Å². The van der Waals surface area contributed by atoms with Crippen LogP contribution in [0.4, 0.5) is 4.39 Å². The Morgan fingerprint density at radius 2 is 2.08 bits per heavy atom. The molecule has 0 spiro atoms. The average molecular weight is 344 g/mol. The molecule has 1 aliphatic rings. The monoisotopic (exact) mass is 344 g/mol. The van der Waals surface area contributed by atoms with Gasteiger partial charge in [0.1, 0.15) is 11.6 Å². The molecule has 1 saturated heterocycles. The molecule has 1 aromatic heterocycles. The summed E-state index contributed by atoms with van der Waals surface area (Å²) in [5, 5.41) is 6.59. The maximum Gasteiger partial charge on any atom is 0.191 e. The molecule has 1 unspecified atom stereocenters. The van der Waals surface area contributed by atoms with E-state index in [0.29, 0.717) is 19.0 Å². The minimum atomic E-state index is -0.228. The number of furan rings is 1. The van der Waals surface area contributed by atoms with Gasteiger partial charge in [-0.1, -0.05) is 12.1 Å². The second-order valence-corrected chi connectivity index (χ2v) is 6.21. The van der Waals surface area contributed by atoms with Gasteiger partial charge < -0.3 is 15.1 Å². The number of nitrogens with zero attached hydrogens (tertiary/aromatic N) is 2. The number of halogens is 1. The van der Waals surface area contributed by atoms with Crippen molar-refractivity contribution in [3.05, 3.63) is 59.8 Å². The Morgan fingerprint density at radius 3 is 2.76 bits per heavy atom. The quantitative estimate of drug-likeness (QED) is 0.625. The van der Waals surface area contributed by atoms with Gasteiger partial charge in [0.15, 0.2) is 5.96 Å². The van der Waals surface area contributed by atoms with Crippen molar-refractivity contribution in [3.63, 3.8) is 0 Å². The van der Waals surface area contributed by atoms with Crippen molar-refractivity contribution in [3.8, 4) is 0 Å². The number of benzene rings is 1. The van der Waals surface area contributed by atoms with Crippen molar-refractivity contribution in [1.29, 1.82) is 0 Å². The Bertz CT molecular complexity index is 680. The largest absolute Gasteiger partial charge is 0.468 e. The lowest BCUT2D eigenvalue weighted by Gasteiger charge is -2.26. The Kier molecular flexibility index (Phi) is 6.06. The number of hydrogen-bond donors (Lipinski definition) is 2. The molecule has 3 rings (SSSR count).